The number of carboxylic acids is 1. The average molecular weight is 274 g/mol. The van der Waals surface area contributed by atoms with Crippen LogP contribution < -0.4 is 5.32 Å². The summed E-state index contributed by atoms with van der Waals surface area (Å²) >= 11 is 0. The molecule has 1 aromatic carbocycles. The molecule has 20 heavy (non-hydrogen) atoms. The van der Waals surface area contributed by atoms with Crippen LogP contribution in [0.4, 0.5) is 0 Å². The molecule has 2 rings (SSSR count). The van der Waals surface area contributed by atoms with E-state index in [2.05, 4.69) is 5.32 Å². The third kappa shape index (κ3) is 2.66. The van der Waals surface area contributed by atoms with Crippen molar-refractivity contribution in [2.24, 2.45) is 13.0 Å². The first kappa shape index (κ1) is 14.1. The minimum absolute atomic E-state index is 0.147. The molecule has 5 heteroatoms. The van der Waals surface area contributed by atoms with Gasteiger partial charge in [-0.3, -0.25) is 9.59 Å². The molecule has 1 unspecified atom stereocenters. The zero-order chi connectivity index (χ0) is 14.7. The molecular formula is C15H18N2O3. The van der Waals surface area contributed by atoms with Gasteiger partial charge < -0.3 is 15.0 Å². The smallest absolute Gasteiger partial charge is 0.308 e. The van der Waals surface area contributed by atoms with Gasteiger partial charge in [-0.15, -0.1) is 0 Å². The zero-order valence-corrected chi connectivity index (χ0v) is 11.6. The van der Waals surface area contributed by atoms with Crippen molar-refractivity contribution in [3.8, 4) is 0 Å². The van der Waals surface area contributed by atoms with Crippen LogP contribution in [0.1, 0.15) is 23.7 Å². The zero-order valence-electron chi connectivity index (χ0n) is 11.6. The summed E-state index contributed by atoms with van der Waals surface area (Å²) in [7, 11) is 1.88. The first-order chi connectivity index (χ1) is 9.54. The lowest BCUT2D eigenvalue weighted by Crippen LogP contribution is -2.32. The van der Waals surface area contributed by atoms with Crippen molar-refractivity contribution in [2.45, 2.75) is 13.3 Å². The van der Waals surface area contributed by atoms with Crippen LogP contribution in [0, 0.1) is 5.92 Å². The highest BCUT2D eigenvalue weighted by molar-refractivity contribution is 6.07. The normalized spacial score (nSPS) is 12.3. The number of fused-ring (bicyclic) bond motifs is 1. The van der Waals surface area contributed by atoms with Crippen molar-refractivity contribution in [2.75, 3.05) is 6.54 Å². The fraction of sp³-hybridized carbons (Fsp3) is 0.333. The predicted octanol–water partition coefficient (Wildman–Crippen LogP) is 2.02. The van der Waals surface area contributed by atoms with Crippen molar-refractivity contribution < 1.29 is 14.7 Å². The van der Waals surface area contributed by atoms with Gasteiger partial charge in [-0.25, -0.2) is 0 Å². The number of para-hydroxylation sites is 1. The van der Waals surface area contributed by atoms with Crippen LogP contribution in [0.5, 0.6) is 0 Å². The van der Waals surface area contributed by atoms with Crippen LogP contribution >= 0.6 is 0 Å². The summed E-state index contributed by atoms with van der Waals surface area (Å²) in [6.07, 6.45) is 2.26. The van der Waals surface area contributed by atoms with Crippen LogP contribution in [-0.4, -0.2) is 28.1 Å². The number of aryl methyl sites for hydroxylation is 1. The van der Waals surface area contributed by atoms with Crippen molar-refractivity contribution in [1.29, 1.82) is 0 Å². The Balaban J connectivity index is 2.18. The molecule has 0 bridgehead atoms. The van der Waals surface area contributed by atoms with Crippen molar-refractivity contribution in [1.82, 2.24) is 9.88 Å². The summed E-state index contributed by atoms with van der Waals surface area (Å²) in [5.41, 5.74) is 1.55. The maximum Gasteiger partial charge on any atom is 0.308 e. The van der Waals surface area contributed by atoms with E-state index in [1.54, 1.807) is 13.1 Å². The molecule has 0 fully saturated rings. The largest absolute Gasteiger partial charge is 0.481 e. The van der Waals surface area contributed by atoms with Gasteiger partial charge in [0.05, 0.1) is 11.5 Å². The van der Waals surface area contributed by atoms with E-state index >= 15 is 0 Å². The molecule has 2 aromatic rings. The van der Waals surface area contributed by atoms with Crippen LogP contribution in [0.2, 0.25) is 0 Å². The van der Waals surface area contributed by atoms with E-state index in [0.29, 0.717) is 12.0 Å². The number of benzene rings is 1. The molecule has 0 aliphatic carbocycles. The van der Waals surface area contributed by atoms with Gasteiger partial charge in [-0.1, -0.05) is 25.1 Å². The summed E-state index contributed by atoms with van der Waals surface area (Å²) in [5, 5.41) is 12.6. The Morgan fingerprint density at radius 2 is 2.05 bits per heavy atom. The quantitative estimate of drug-likeness (QED) is 0.876. The highest BCUT2D eigenvalue weighted by atomic mass is 16.4. The van der Waals surface area contributed by atoms with Crippen LogP contribution in [0.25, 0.3) is 10.9 Å². The molecule has 1 atom stereocenters. The minimum Gasteiger partial charge on any atom is -0.481 e. The Bertz CT molecular complexity index is 646. The fourth-order valence-corrected chi connectivity index (χ4v) is 2.24. The lowest BCUT2D eigenvalue weighted by atomic mass is 10.1. The number of aliphatic carboxylic acids is 1. The topological polar surface area (TPSA) is 71.3 Å². The van der Waals surface area contributed by atoms with Crippen LogP contribution in [0.3, 0.4) is 0 Å². The Morgan fingerprint density at radius 1 is 1.35 bits per heavy atom. The number of nitrogens with zero attached hydrogens (tertiary/aromatic N) is 1. The van der Waals surface area contributed by atoms with E-state index in [-0.39, 0.29) is 12.5 Å². The Kier molecular flexibility index (Phi) is 4.08. The molecule has 2 N–H and O–H groups in total. The monoisotopic (exact) mass is 274 g/mol. The minimum atomic E-state index is -0.884. The molecule has 1 heterocycles. The Hall–Kier alpha value is -2.30. The third-order valence-electron chi connectivity index (χ3n) is 3.49. The average Bonchev–Trinajstić information content (AvgIpc) is 2.77. The third-order valence-corrected chi connectivity index (χ3v) is 3.49. The summed E-state index contributed by atoms with van der Waals surface area (Å²) in [4.78, 5) is 23.1. The lowest BCUT2D eigenvalue weighted by Gasteiger charge is -2.10. The number of carbonyl (C=O) groups excluding carboxylic acids is 1. The maximum atomic E-state index is 12.2. The van der Waals surface area contributed by atoms with Crippen molar-refractivity contribution in [3.63, 3.8) is 0 Å². The molecule has 1 amide bonds. The number of hydrogen-bond acceptors (Lipinski definition) is 2. The Labute approximate surface area is 117 Å². The second kappa shape index (κ2) is 5.77. The molecule has 0 spiro atoms. The van der Waals surface area contributed by atoms with Gasteiger partial charge in [-0.2, -0.15) is 0 Å². The Morgan fingerprint density at radius 3 is 2.70 bits per heavy atom. The molecule has 0 saturated heterocycles. The van der Waals surface area contributed by atoms with E-state index in [9.17, 15) is 9.59 Å². The summed E-state index contributed by atoms with van der Waals surface area (Å²) in [6, 6.07) is 7.63. The van der Waals surface area contributed by atoms with Crippen LogP contribution in [0.15, 0.2) is 30.5 Å². The number of hydrogen-bond donors (Lipinski definition) is 2. The first-order valence-corrected chi connectivity index (χ1v) is 6.59. The molecule has 1 aromatic heterocycles. The van der Waals surface area contributed by atoms with Gasteiger partial charge in [0.25, 0.3) is 5.91 Å². The van der Waals surface area contributed by atoms with E-state index in [1.165, 1.54) is 0 Å². The fourth-order valence-electron chi connectivity index (χ4n) is 2.24. The number of amides is 1. The van der Waals surface area contributed by atoms with E-state index in [0.717, 1.165) is 10.9 Å². The van der Waals surface area contributed by atoms with Gasteiger partial charge in [0.2, 0.25) is 0 Å². The molecule has 0 aliphatic rings. The molecule has 5 nitrogen and oxygen atoms in total. The van der Waals surface area contributed by atoms with E-state index in [4.69, 9.17) is 5.11 Å². The van der Waals surface area contributed by atoms with E-state index < -0.39 is 11.9 Å². The maximum absolute atomic E-state index is 12.2. The van der Waals surface area contributed by atoms with Gasteiger partial charge in [-0.05, 0) is 12.5 Å². The van der Waals surface area contributed by atoms with Crippen molar-refractivity contribution in [3.05, 3.63) is 36.0 Å². The molecule has 0 aliphatic heterocycles. The number of rotatable bonds is 5. The molecule has 0 radical (unpaired) electrons. The standard InChI is InChI=1S/C15H18N2O3/c1-3-10(15(19)20)8-16-14(18)12-9-17(2)13-7-5-4-6-11(12)13/h4-7,9-10H,3,8H2,1-2H3,(H,16,18)(H,19,20). The molecule has 0 saturated carbocycles. The second-order valence-corrected chi connectivity index (χ2v) is 4.82. The van der Waals surface area contributed by atoms with Gasteiger partial charge in [0.1, 0.15) is 0 Å². The summed E-state index contributed by atoms with van der Waals surface area (Å²) in [6.45, 7) is 1.94. The van der Waals surface area contributed by atoms with Crippen molar-refractivity contribution >= 4 is 22.8 Å². The number of aromatic nitrogens is 1. The SMILES string of the molecule is CCC(CNC(=O)c1cn(C)c2ccccc12)C(=O)O. The van der Waals surface area contributed by atoms with Gasteiger partial charge >= 0.3 is 5.97 Å². The summed E-state index contributed by atoms with van der Waals surface area (Å²) in [5.74, 6) is -1.67. The lowest BCUT2D eigenvalue weighted by molar-refractivity contribution is -0.141. The van der Waals surface area contributed by atoms with Gasteiger partial charge in [0, 0.05) is 30.7 Å². The number of carboxylic acid groups (broad SMARTS) is 1. The molecular weight excluding hydrogens is 256 g/mol. The van der Waals surface area contributed by atoms with E-state index in [1.807, 2.05) is 35.9 Å². The highest BCUT2D eigenvalue weighted by Crippen LogP contribution is 2.20. The molecule has 106 valence electrons. The highest BCUT2D eigenvalue weighted by Gasteiger charge is 2.18. The predicted molar refractivity (Wildman–Crippen MR) is 76.7 cm³/mol. The second-order valence-electron chi connectivity index (χ2n) is 4.82. The number of carbonyl (C=O) groups is 2. The summed E-state index contributed by atoms with van der Waals surface area (Å²) < 4.78 is 1.89. The van der Waals surface area contributed by atoms with Crippen LogP contribution in [-0.2, 0) is 11.8 Å². The first-order valence-electron chi connectivity index (χ1n) is 6.59. The number of nitrogens with one attached hydrogen (secondary N) is 1. The van der Waals surface area contributed by atoms with Gasteiger partial charge in [0.15, 0.2) is 0 Å².